The van der Waals surface area contributed by atoms with Crippen LogP contribution in [0.2, 0.25) is 0 Å². The van der Waals surface area contributed by atoms with Crippen molar-refractivity contribution in [2.24, 2.45) is 0 Å². The summed E-state index contributed by atoms with van der Waals surface area (Å²) in [4.78, 5) is 15.0. The number of halogens is 1. The summed E-state index contributed by atoms with van der Waals surface area (Å²) in [6.45, 7) is 2.47. The number of rotatable bonds is 3. The lowest BCUT2D eigenvalue weighted by atomic mass is 10.5. The minimum absolute atomic E-state index is 0.0133. The number of aromatic nitrogens is 1. The molecule has 0 aromatic carbocycles. The molecule has 0 aliphatic heterocycles. The molecule has 0 unspecified atom stereocenters. The molecule has 1 amide bonds. The SMILES string of the molecule is Cc1nc(CNC(=O)CBr)cs1. The van der Waals surface area contributed by atoms with Gasteiger partial charge in [-0.2, -0.15) is 0 Å². The van der Waals surface area contributed by atoms with Crippen LogP contribution >= 0.6 is 27.3 Å². The maximum atomic E-state index is 10.8. The molecule has 0 radical (unpaired) electrons. The third-order valence-corrected chi connectivity index (χ3v) is 2.59. The minimum atomic E-state index is -0.0133. The lowest BCUT2D eigenvalue weighted by Gasteiger charge is -1.98. The quantitative estimate of drug-likeness (QED) is 0.824. The normalized spacial score (nSPS) is 9.83. The number of nitrogens with zero attached hydrogens (tertiary/aromatic N) is 1. The molecule has 0 atom stereocenters. The van der Waals surface area contributed by atoms with Crippen LogP contribution < -0.4 is 5.32 Å². The molecule has 5 heteroatoms. The number of alkyl halides is 1. The second kappa shape index (κ2) is 4.57. The number of hydrogen-bond acceptors (Lipinski definition) is 3. The first kappa shape index (κ1) is 9.67. The molecule has 1 aromatic rings. The molecule has 0 fully saturated rings. The lowest BCUT2D eigenvalue weighted by molar-refractivity contribution is -0.118. The highest BCUT2D eigenvalue weighted by Crippen LogP contribution is 2.06. The van der Waals surface area contributed by atoms with E-state index in [2.05, 4.69) is 26.2 Å². The number of nitrogens with one attached hydrogen (secondary N) is 1. The molecule has 1 rings (SSSR count). The highest BCUT2D eigenvalue weighted by molar-refractivity contribution is 9.09. The first-order valence-electron chi connectivity index (χ1n) is 3.46. The lowest BCUT2D eigenvalue weighted by Crippen LogP contribution is -2.23. The number of aryl methyl sites for hydroxylation is 1. The van der Waals surface area contributed by atoms with E-state index in [1.807, 2.05) is 12.3 Å². The van der Waals surface area contributed by atoms with E-state index in [0.717, 1.165) is 10.7 Å². The average Bonchev–Trinajstić information content (AvgIpc) is 2.47. The Labute approximate surface area is 83.3 Å². The Balaban J connectivity index is 2.38. The molecule has 0 bridgehead atoms. The van der Waals surface area contributed by atoms with Gasteiger partial charge in [0, 0.05) is 5.38 Å². The molecule has 1 aromatic heterocycles. The van der Waals surface area contributed by atoms with Gasteiger partial charge in [-0.05, 0) is 6.92 Å². The number of carbonyl (C=O) groups is 1. The van der Waals surface area contributed by atoms with E-state index in [4.69, 9.17) is 0 Å². The molecule has 0 aliphatic rings. The van der Waals surface area contributed by atoms with E-state index >= 15 is 0 Å². The molecule has 0 aliphatic carbocycles. The fourth-order valence-electron chi connectivity index (χ4n) is 0.726. The summed E-state index contributed by atoms with van der Waals surface area (Å²) in [6.07, 6.45) is 0. The molecule has 66 valence electrons. The van der Waals surface area contributed by atoms with Crippen LogP contribution in [0.3, 0.4) is 0 Å². The topological polar surface area (TPSA) is 42.0 Å². The minimum Gasteiger partial charge on any atom is -0.350 e. The van der Waals surface area contributed by atoms with Crippen molar-refractivity contribution in [1.29, 1.82) is 0 Å². The summed E-state index contributed by atoms with van der Waals surface area (Å²) in [7, 11) is 0. The van der Waals surface area contributed by atoms with Gasteiger partial charge in [-0.1, -0.05) is 15.9 Å². The first-order chi connectivity index (χ1) is 5.72. The third-order valence-electron chi connectivity index (χ3n) is 1.25. The van der Waals surface area contributed by atoms with Gasteiger partial charge in [0.15, 0.2) is 0 Å². The van der Waals surface area contributed by atoms with Gasteiger partial charge in [-0.3, -0.25) is 4.79 Å². The van der Waals surface area contributed by atoms with Gasteiger partial charge < -0.3 is 5.32 Å². The van der Waals surface area contributed by atoms with Gasteiger partial charge in [0.1, 0.15) is 0 Å². The predicted octanol–water partition coefficient (Wildman–Crippen LogP) is 1.46. The van der Waals surface area contributed by atoms with E-state index in [1.54, 1.807) is 11.3 Å². The maximum absolute atomic E-state index is 10.8. The summed E-state index contributed by atoms with van der Waals surface area (Å²) in [6, 6.07) is 0. The average molecular weight is 249 g/mol. The number of carbonyl (C=O) groups excluding carboxylic acids is 1. The Hall–Kier alpha value is -0.420. The van der Waals surface area contributed by atoms with Crippen molar-refractivity contribution in [1.82, 2.24) is 10.3 Å². The van der Waals surface area contributed by atoms with Crippen LogP contribution in [0.1, 0.15) is 10.7 Å². The van der Waals surface area contributed by atoms with Crippen molar-refractivity contribution in [2.75, 3.05) is 5.33 Å². The summed E-state index contributed by atoms with van der Waals surface area (Å²) in [5.41, 5.74) is 0.923. The third kappa shape index (κ3) is 2.91. The largest absolute Gasteiger partial charge is 0.350 e. The van der Waals surface area contributed by atoms with E-state index in [0.29, 0.717) is 11.9 Å². The van der Waals surface area contributed by atoms with Crippen molar-refractivity contribution in [3.63, 3.8) is 0 Å². The Kier molecular flexibility index (Phi) is 3.68. The monoisotopic (exact) mass is 248 g/mol. The molecule has 0 saturated carbocycles. The van der Waals surface area contributed by atoms with Crippen LogP contribution in [0.5, 0.6) is 0 Å². The van der Waals surface area contributed by atoms with E-state index in [1.165, 1.54) is 0 Å². The maximum Gasteiger partial charge on any atom is 0.230 e. The Morgan fingerprint density at radius 3 is 3.08 bits per heavy atom. The van der Waals surface area contributed by atoms with Gasteiger partial charge in [-0.25, -0.2) is 4.98 Å². The van der Waals surface area contributed by atoms with E-state index in [9.17, 15) is 4.79 Å². The van der Waals surface area contributed by atoms with Crippen molar-refractivity contribution in [3.05, 3.63) is 16.1 Å². The number of thiazole rings is 1. The summed E-state index contributed by atoms with van der Waals surface area (Å²) in [5, 5.41) is 6.04. The van der Waals surface area contributed by atoms with Crippen LogP contribution in [0.15, 0.2) is 5.38 Å². The molecular formula is C7H9BrN2OS. The van der Waals surface area contributed by atoms with Gasteiger partial charge in [0.05, 0.1) is 22.6 Å². The van der Waals surface area contributed by atoms with E-state index in [-0.39, 0.29) is 5.91 Å². The predicted molar refractivity (Wildman–Crippen MR) is 52.5 cm³/mol. The van der Waals surface area contributed by atoms with Gasteiger partial charge in [-0.15, -0.1) is 11.3 Å². The molecule has 0 saturated heterocycles. The van der Waals surface area contributed by atoms with Crippen LogP contribution in [0.4, 0.5) is 0 Å². The van der Waals surface area contributed by atoms with Crippen LogP contribution in [-0.4, -0.2) is 16.2 Å². The second-order valence-corrected chi connectivity index (χ2v) is 3.89. The molecule has 0 spiro atoms. The summed E-state index contributed by atoms with van der Waals surface area (Å²) >= 11 is 4.65. The van der Waals surface area contributed by atoms with Crippen molar-refractivity contribution < 1.29 is 4.79 Å². The standard InChI is InChI=1S/C7H9BrN2OS/c1-5-10-6(4-12-5)3-9-7(11)2-8/h4H,2-3H2,1H3,(H,9,11). The first-order valence-corrected chi connectivity index (χ1v) is 5.46. The van der Waals surface area contributed by atoms with Gasteiger partial charge in [0.2, 0.25) is 5.91 Å². The summed E-state index contributed by atoms with van der Waals surface area (Å²) in [5.74, 6) is -0.0133. The summed E-state index contributed by atoms with van der Waals surface area (Å²) < 4.78 is 0. The highest BCUT2D eigenvalue weighted by Gasteiger charge is 2.00. The van der Waals surface area contributed by atoms with Crippen molar-refractivity contribution >= 4 is 33.2 Å². The zero-order chi connectivity index (χ0) is 8.97. The molecule has 1 N–H and O–H groups in total. The zero-order valence-corrected chi connectivity index (χ0v) is 9.04. The number of amides is 1. The Morgan fingerprint density at radius 2 is 2.58 bits per heavy atom. The van der Waals surface area contributed by atoms with Crippen LogP contribution in [-0.2, 0) is 11.3 Å². The van der Waals surface area contributed by atoms with Crippen molar-refractivity contribution in [3.8, 4) is 0 Å². The molecular weight excluding hydrogens is 240 g/mol. The fourth-order valence-corrected chi connectivity index (χ4v) is 1.54. The number of hydrogen-bond donors (Lipinski definition) is 1. The van der Waals surface area contributed by atoms with Crippen LogP contribution in [0.25, 0.3) is 0 Å². The second-order valence-electron chi connectivity index (χ2n) is 2.27. The van der Waals surface area contributed by atoms with Crippen molar-refractivity contribution in [2.45, 2.75) is 13.5 Å². The molecule has 12 heavy (non-hydrogen) atoms. The smallest absolute Gasteiger partial charge is 0.230 e. The molecule has 3 nitrogen and oxygen atoms in total. The zero-order valence-electron chi connectivity index (χ0n) is 6.63. The van der Waals surface area contributed by atoms with E-state index < -0.39 is 0 Å². The van der Waals surface area contributed by atoms with Gasteiger partial charge in [0.25, 0.3) is 0 Å². The Morgan fingerprint density at radius 1 is 1.83 bits per heavy atom. The van der Waals surface area contributed by atoms with Gasteiger partial charge >= 0.3 is 0 Å². The Bertz CT molecular complexity index is 274. The van der Waals surface area contributed by atoms with Crippen LogP contribution in [0, 0.1) is 6.92 Å². The molecule has 1 heterocycles. The fraction of sp³-hybridized carbons (Fsp3) is 0.429. The highest BCUT2D eigenvalue weighted by atomic mass is 79.9.